The second-order valence-corrected chi connectivity index (χ2v) is 3.94. The molecule has 0 aliphatic rings. The molecule has 0 aliphatic heterocycles. The van der Waals surface area contributed by atoms with Crippen LogP contribution in [0.25, 0.3) is 10.9 Å². The molecular formula is C14H10N4O. The molecule has 0 atom stereocenters. The van der Waals surface area contributed by atoms with Gasteiger partial charge in [0.25, 0.3) is 5.56 Å². The Morgan fingerprint density at radius 2 is 1.89 bits per heavy atom. The molecule has 0 aliphatic carbocycles. The van der Waals surface area contributed by atoms with Crippen molar-refractivity contribution in [3.05, 3.63) is 71.0 Å². The zero-order valence-electron chi connectivity index (χ0n) is 9.97. The number of benzene rings is 1. The van der Waals surface area contributed by atoms with Gasteiger partial charge < -0.3 is 0 Å². The summed E-state index contributed by atoms with van der Waals surface area (Å²) in [5.74, 6) is 0. The third-order valence-electron chi connectivity index (χ3n) is 2.69. The van der Waals surface area contributed by atoms with Crippen LogP contribution in [0.1, 0.15) is 5.56 Å². The first-order chi connectivity index (χ1) is 9.34. The van der Waals surface area contributed by atoms with Gasteiger partial charge in [0, 0.05) is 12.4 Å². The van der Waals surface area contributed by atoms with Gasteiger partial charge in [-0.1, -0.05) is 12.1 Å². The highest BCUT2D eigenvalue weighted by Crippen LogP contribution is 2.04. The van der Waals surface area contributed by atoms with Gasteiger partial charge in [0.15, 0.2) is 0 Å². The van der Waals surface area contributed by atoms with Gasteiger partial charge >= 0.3 is 0 Å². The molecule has 5 nitrogen and oxygen atoms in total. The number of para-hydroxylation sites is 1. The number of hydrogen-bond donors (Lipinski definition) is 0. The van der Waals surface area contributed by atoms with Gasteiger partial charge in [-0.05, 0) is 29.8 Å². The SMILES string of the molecule is O=c1c2ccccc2ncn1/N=C/c1ccncc1. The lowest BCUT2D eigenvalue weighted by Gasteiger charge is -1.99. The Balaban J connectivity index is 2.05. The maximum Gasteiger partial charge on any atom is 0.281 e. The Morgan fingerprint density at radius 1 is 1.11 bits per heavy atom. The summed E-state index contributed by atoms with van der Waals surface area (Å²) in [6, 6.07) is 10.8. The van der Waals surface area contributed by atoms with Gasteiger partial charge in [0.05, 0.1) is 17.1 Å². The first-order valence-corrected chi connectivity index (χ1v) is 5.75. The zero-order valence-corrected chi connectivity index (χ0v) is 9.97. The molecule has 0 unspecified atom stereocenters. The predicted molar refractivity (Wildman–Crippen MR) is 73.2 cm³/mol. The minimum atomic E-state index is -0.184. The van der Waals surface area contributed by atoms with Crippen molar-refractivity contribution in [2.45, 2.75) is 0 Å². The van der Waals surface area contributed by atoms with Gasteiger partial charge in [0.2, 0.25) is 0 Å². The quantitative estimate of drug-likeness (QED) is 0.650. The molecule has 0 saturated heterocycles. The van der Waals surface area contributed by atoms with E-state index in [9.17, 15) is 4.79 Å². The van der Waals surface area contributed by atoms with Crippen molar-refractivity contribution >= 4 is 17.1 Å². The molecule has 0 saturated carbocycles. The van der Waals surface area contributed by atoms with E-state index in [1.165, 1.54) is 11.0 Å². The van der Waals surface area contributed by atoms with E-state index in [-0.39, 0.29) is 5.56 Å². The number of nitrogens with zero attached hydrogens (tertiary/aromatic N) is 4. The van der Waals surface area contributed by atoms with Gasteiger partial charge in [-0.25, -0.2) is 4.98 Å². The van der Waals surface area contributed by atoms with Crippen LogP contribution in [0.5, 0.6) is 0 Å². The summed E-state index contributed by atoms with van der Waals surface area (Å²) in [6.07, 6.45) is 6.35. The number of pyridine rings is 1. The Kier molecular flexibility index (Phi) is 2.86. The van der Waals surface area contributed by atoms with Crippen LogP contribution < -0.4 is 5.56 Å². The normalized spacial score (nSPS) is 11.2. The molecule has 2 heterocycles. The third-order valence-corrected chi connectivity index (χ3v) is 2.69. The lowest BCUT2D eigenvalue weighted by Crippen LogP contribution is -2.16. The molecule has 0 amide bonds. The molecule has 0 spiro atoms. The number of hydrogen-bond acceptors (Lipinski definition) is 4. The minimum absolute atomic E-state index is 0.184. The summed E-state index contributed by atoms with van der Waals surface area (Å²) in [6.45, 7) is 0. The monoisotopic (exact) mass is 250 g/mol. The largest absolute Gasteiger partial charge is 0.281 e. The van der Waals surface area contributed by atoms with Crippen molar-refractivity contribution in [1.29, 1.82) is 0 Å². The van der Waals surface area contributed by atoms with E-state index in [2.05, 4.69) is 15.1 Å². The Labute approximate surface area is 108 Å². The highest BCUT2D eigenvalue weighted by atomic mass is 16.1. The molecule has 1 aromatic carbocycles. The van der Waals surface area contributed by atoms with Crippen LogP contribution in [0.15, 0.2) is 65.0 Å². The van der Waals surface area contributed by atoms with E-state index in [0.29, 0.717) is 10.9 Å². The molecule has 0 N–H and O–H groups in total. The summed E-state index contributed by atoms with van der Waals surface area (Å²) in [5, 5.41) is 4.67. The van der Waals surface area contributed by atoms with E-state index in [4.69, 9.17) is 0 Å². The molecule has 2 aromatic heterocycles. The summed E-state index contributed by atoms with van der Waals surface area (Å²) >= 11 is 0. The molecular weight excluding hydrogens is 240 g/mol. The molecule has 19 heavy (non-hydrogen) atoms. The van der Waals surface area contributed by atoms with Crippen molar-refractivity contribution in [3.8, 4) is 0 Å². The zero-order chi connectivity index (χ0) is 13.1. The molecule has 3 rings (SSSR count). The van der Waals surface area contributed by atoms with Crippen molar-refractivity contribution in [1.82, 2.24) is 14.6 Å². The first-order valence-electron chi connectivity index (χ1n) is 5.75. The maximum atomic E-state index is 12.1. The number of aromatic nitrogens is 3. The molecule has 0 bridgehead atoms. The van der Waals surface area contributed by atoms with Crippen molar-refractivity contribution in [2.24, 2.45) is 5.10 Å². The van der Waals surface area contributed by atoms with E-state index in [0.717, 1.165) is 5.56 Å². The van der Waals surface area contributed by atoms with Crippen LogP contribution in [-0.4, -0.2) is 20.9 Å². The molecule has 3 aromatic rings. The fourth-order valence-electron chi connectivity index (χ4n) is 1.72. The minimum Gasteiger partial charge on any atom is -0.267 e. The second-order valence-electron chi connectivity index (χ2n) is 3.94. The van der Waals surface area contributed by atoms with Crippen LogP contribution in [0.2, 0.25) is 0 Å². The van der Waals surface area contributed by atoms with E-state index in [1.54, 1.807) is 30.7 Å². The van der Waals surface area contributed by atoms with Gasteiger partial charge in [0.1, 0.15) is 6.33 Å². The summed E-state index contributed by atoms with van der Waals surface area (Å²) < 4.78 is 1.22. The highest BCUT2D eigenvalue weighted by molar-refractivity contribution is 5.79. The van der Waals surface area contributed by atoms with Gasteiger partial charge in [-0.15, -0.1) is 0 Å². The first kappa shape index (κ1) is 11.3. The van der Waals surface area contributed by atoms with E-state index in [1.807, 2.05) is 24.3 Å². The smallest absolute Gasteiger partial charge is 0.267 e. The van der Waals surface area contributed by atoms with E-state index >= 15 is 0 Å². The van der Waals surface area contributed by atoms with Crippen LogP contribution in [-0.2, 0) is 0 Å². The van der Waals surface area contributed by atoms with Crippen LogP contribution >= 0.6 is 0 Å². The highest BCUT2D eigenvalue weighted by Gasteiger charge is 2.01. The fourth-order valence-corrected chi connectivity index (χ4v) is 1.72. The maximum absolute atomic E-state index is 12.1. The Bertz CT molecular complexity index is 793. The molecule has 0 fully saturated rings. The Morgan fingerprint density at radius 3 is 2.74 bits per heavy atom. The fraction of sp³-hybridized carbons (Fsp3) is 0. The lowest BCUT2D eigenvalue weighted by atomic mass is 10.2. The third kappa shape index (κ3) is 2.26. The summed E-state index contributed by atoms with van der Waals surface area (Å²) in [4.78, 5) is 20.3. The predicted octanol–water partition coefficient (Wildman–Crippen LogP) is 1.67. The molecule has 92 valence electrons. The van der Waals surface area contributed by atoms with Crippen LogP contribution in [0.3, 0.4) is 0 Å². The standard InChI is InChI=1S/C14H10N4O/c19-14-12-3-1-2-4-13(12)16-10-18(14)17-9-11-5-7-15-8-6-11/h1-10H/b17-9+. The second kappa shape index (κ2) is 4.81. The van der Waals surface area contributed by atoms with Crippen molar-refractivity contribution < 1.29 is 0 Å². The molecule has 0 radical (unpaired) electrons. The average molecular weight is 250 g/mol. The summed E-state index contributed by atoms with van der Waals surface area (Å²) in [7, 11) is 0. The van der Waals surface area contributed by atoms with Crippen LogP contribution in [0, 0.1) is 0 Å². The number of rotatable bonds is 2. The van der Waals surface area contributed by atoms with Crippen LogP contribution in [0.4, 0.5) is 0 Å². The van der Waals surface area contributed by atoms with Gasteiger partial charge in [-0.2, -0.15) is 9.78 Å². The summed E-state index contributed by atoms with van der Waals surface area (Å²) in [5.41, 5.74) is 1.36. The lowest BCUT2D eigenvalue weighted by molar-refractivity contribution is 0.817. The Hall–Kier alpha value is -2.82. The van der Waals surface area contributed by atoms with Gasteiger partial charge in [-0.3, -0.25) is 9.78 Å². The van der Waals surface area contributed by atoms with Crippen molar-refractivity contribution in [3.63, 3.8) is 0 Å². The average Bonchev–Trinajstić information content (AvgIpc) is 2.48. The van der Waals surface area contributed by atoms with Crippen molar-refractivity contribution in [2.75, 3.05) is 0 Å². The van der Waals surface area contributed by atoms with E-state index < -0.39 is 0 Å². The number of fused-ring (bicyclic) bond motifs is 1. The molecule has 5 heteroatoms. The topological polar surface area (TPSA) is 60.1 Å².